The van der Waals surface area contributed by atoms with Crippen LogP contribution in [0.1, 0.15) is 60.3 Å². The summed E-state index contributed by atoms with van der Waals surface area (Å²) in [6.45, 7) is 8.29. The van der Waals surface area contributed by atoms with Crippen LogP contribution >= 0.6 is 0 Å². The predicted molar refractivity (Wildman–Crippen MR) is 113 cm³/mol. The highest BCUT2D eigenvalue weighted by atomic mass is 19.1. The van der Waals surface area contributed by atoms with Gasteiger partial charge in [0.15, 0.2) is 28.6 Å². The summed E-state index contributed by atoms with van der Waals surface area (Å²) in [6.07, 6.45) is 3.86. The minimum Gasteiger partial charge on any atom is -0.390 e. The van der Waals surface area contributed by atoms with Crippen molar-refractivity contribution in [2.75, 3.05) is 6.61 Å². The van der Waals surface area contributed by atoms with E-state index in [1.165, 1.54) is 12.2 Å². The molecule has 0 radical (unpaired) electrons. The summed E-state index contributed by atoms with van der Waals surface area (Å²) in [5.41, 5.74) is -5.83. The van der Waals surface area contributed by atoms with E-state index >= 15 is 4.39 Å². The number of carbonyl (C=O) groups excluding carboxylic acids is 2. The van der Waals surface area contributed by atoms with Crippen LogP contribution in [0.2, 0.25) is 0 Å². The average Bonchev–Trinajstić information content (AvgIpc) is 3.12. The first-order valence-corrected chi connectivity index (χ1v) is 11.6. The molecule has 5 rings (SSSR count). The van der Waals surface area contributed by atoms with Gasteiger partial charge in [-0.25, -0.2) is 4.39 Å². The summed E-state index contributed by atoms with van der Waals surface area (Å²) in [7, 11) is 0. The number of allylic oxidation sites excluding steroid dienone is 4. The lowest BCUT2D eigenvalue weighted by molar-refractivity contribution is -0.273. The molecule has 8 atom stereocenters. The van der Waals surface area contributed by atoms with Crippen molar-refractivity contribution < 1.29 is 33.7 Å². The fourth-order valence-corrected chi connectivity index (χ4v) is 8.54. The maximum Gasteiger partial charge on any atom is 0.193 e. The highest BCUT2D eigenvalue weighted by Gasteiger charge is 2.83. The molecular formula is C25H33FO6. The van der Waals surface area contributed by atoms with Gasteiger partial charge in [-0.05, 0) is 64.5 Å². The standard InChI is InChI=1S/C25H33FO6/c1-20(2)31-19-11-16-22(4)8-6-14-10-15(28)7-9-21(14,3)25(22,26)17(29)12-23(16,5)24(19,32-20)18(30)13-27/h7,9-10,16-17,19,27,29H,6,8,11-13H2,1-5H3/t16-,17-,19+,21-,22?,23-,24+,25-/m0/s1. The molecule has 0 spiro atoms. The fraction of sp³-hybridized carbons (Fsp3) is 0.760. The molecule has 1 heterocycles. The lowest BCUT2D eigenvalue weighted by Crippen LogP contribution is -2.73. The Bertz CT molecular complexity index is 971. The SMILES string of the molecule is CC1(C)O[C@@H]2C[C@H]3C4(C)CCC5=CC(=O)C=C[C@]5(C)[C@@]4(F)[C@@H](O)C[C@]3(C)[C@]2(C(=O)CO)O1. The van der Waals surface area contributed by atoms with Crippen LogP contribution in [0.25, 0.3) is 0 Å². The molecule has 7 heteroatoms. The average molecular weight is 449 g/mol. The third-order valence-electron chi connectivity index (χ3n) is 9.82. The van der Waals surface area contributed by atoms with Crippen molar-refractivity contribution in [2.45, 2.75) is 89.6 Å². The van der Waals surface area contributed by atoms with Crippen LogP contribution < -0.4 is 0 Å². The molecule has 0 bridgehead atoms. The molecule has 0 aromatic heterocycles. The van der Waals surface area contributed by atoms with E-state index < -0.39 is 57.9 Å². The number of hydrogen-bond donors (Lipinski definition) is 2. The molecule has 1 saturated heterocycles. The van der Waals surface area contributed by atoms with Crippen LogP contribution in [0.5, 0.6) is 0 Å². The number of Topliss-reactive ketones (excluding diaryl/α,β-unsaturated/α-hetero) is 1. The van der Waals surface area contributed by atoms with Gasteiger partial charge in [-0.3, -0.25) is 9.59 Å². The van der Waals surface area contributed by atoms with Gasteiger partial charge in [0, 0.05) is 16.2 Å². The van der Waals surface area contributed by atoms with E-state index in [1.807, 2.05) is 13.8 Å². The minimum atomic E-state index is -2.04. The third kappa shape index (κ3) is 2.19. The second kappa shape index (κ2) is 6.17. The molecule has 32 heavy (non-hydrogen) atoms. The normalized spacial score (nSPS) is 53.2. The molecular weight excluding hydrogens is 415 g/mol. The first-order valence-electron chi connectivity index (χ1n) is 11.6. The van der Waals surface area contributed by atoms with Crippen molar-refractivity contribution in [3.8, 4) is 0 Å². The van der Waals surface area contributed by atoms with Crippen LogP contribution in [0.4, 0.5) is 4.39 Å². The predicted octanol–water partition coefficient (Wildman–Crippen LogP) is 2.81. The molecule has 176 valence electrons. The molecule has 2 N–H and O–H groups in total. The lowest BCUT2D eigenvalue weighted by Gasteiger charge is -2.67. The Hall–Kier alpha value is -1.41. The zero-order valence-electron chi connectivity index (χ0n) is 19.4. The minimum absolute atomic E-state index is 0.00388. The summed E-state index contributed by atoms with van der Waals surface area (Å²) in [5.74, 6) is -2.00. The van der Waals surface area contributed by atoms with Crippen LogP contribution in [0.3, 0.4) is 0 Å². The zero-order chi connectivity index (χ0) is 23.5. The molecule has 1 unspecified atom stereocenters. The lowest BCUT2D eigenvalue weighted by atomic mass is 9.39. The number of fused-ring (bicyclic) bond motifs is 7. The van der Waals surface area contributed by atoms with Crippen LogP contribution in [0.15, 0.2) is 23.8 Å². The summed E-state index contributed by atoms with van der Waals surface area (Å²) in [4.78, 5) is 25.3. The Kier molecular flexibility index (Phi) is 4.32. The summed E-state index contributed by atoms with van der Waals surface area (Å²) in [5, 5.41) is 21.4. The number of carbonyl (C=O) groups is 2. The van der Waals surface area contributed by atoms with E-state index in [9.17, 15) is 19.8 Å². The second-order valence-corrected chi connectivity index (χ2v) is 11.6. The number of ether oxygens (including phenoxy) is 2. The monoisotopic (exact) mass is 448 g/mol. The van der Waals surface area contributed by atoms with Crippen molar-refractivity contribution in [3.63, 3.8) is 0 Å². The smallest absolute Gasteiger partial charge is 0.193 e. The first-order chi connectivity index (χ1) is 14.7. The maximum absolute atomic E-state index is 17.5. The summed E-state index contributed by atoms with van der Waals surface area (Å²) >= 11 is 0. The number of alkyl halides is 1. The Morgan fingerprint density at radius 3 is 2.56 bits per heavy atom. The van der Waals surface area contributed by atoms with Gasteiger partial charge >= 0.3 is 0 Å². The van der Waals surface area contributed by atoms with Gasteiger partial charge in [0.2, 0.25) is 0 Å². The van der Waals surface area contributed by atoms with Gasteiger partial charge in [-0.1, -0.05) is 25.5 Å². The number of halogens is 1. The highest BCUT2D eigenvalue weighted by Crippen LogP contribution is 2.76. The van der Waals surface area contributed by atoms with Gasteiger partial charge in [-0.15, -0.1) is 0 Å². The van der Waals surface area contributed by atoms with Crippen molar-refractivity contribution in [2.24, 2.45) is 22.2 Å². The Morgan fingerprint density at radius 2 is 1.91 bits per heavy atom. The highest BCUT2D eigenvalue weighted by molar-refractivity contribution is 6.01. The topological polar surface area (TPSA) is 93.1 Å². The quantitative estimate of drug-likeness (QED) is 0.675. The summed E-state index contributed by atoms with van der Waals surface area (Å²) < 4.78 is 30.0. The molecule has 3 saturated carbocycles. The van der Waals surface area contributed by atoms with Crippen molar-refractivity contribution in [1.29, 1.82) is 0 Å². The zero-order valence-corrected chi connectivity index (χ0v) is 19.4. The Labute approximate surface area is 187 Å². The second-order valence-electron chi connectivity index (χ2n) is 11.6. The van der Waals surface area contributed by atoms with Gasteiger partial charge < -0.3 is 19.7 Å². The van der Waals surface area contributed by atoms with Gasteiger partial charge in [0.25, 0.3) is 0 Å². The van der Waals surface area contributed by atoms with Crippen molar-refractivity contribution in [3.05, 3.63) is 23.8 Å². The molecule has 4 aliphatic carbocycles. The molecule has 1 aliphatic heterocycles. The largest absolute Gasteiger partial charge is 0.390 e. The van der Waals surface area contributed by atoms with Gasteiger partial charge in [0.1, 0.15) is 6.61 Å². The van der Waals surface area contributed by atoms with E-state index in [4.69, 9.17) is 9.47 Å². The van der Waals surface area contributed by atoms with E-state index in [-0.39, 0.29) is 18.1 Å². The van der Waals surface area contributed by atoms with Crippen molar-refractivity contribution >= 4 is 11.6 Å². The number of aliphatic hydroxyl groups is 2. The summed E-state index contributed by atoms with van der Waals surface area (Å²) in [6, 6.07) is 0. The van der Waals surface area contributed by atoms with E-state index in [2.05, 4.69) is 0 Å². The molecule has 0 aromatic carbocycles. The van der Waals surface area contributed by atoms with Crippen molar-refractivity contribution in [1.82, 2.24) is 0 Å². The van der Waals surface area contributed by atoms with E-state index in [1.54, 1.807) is 26.8 Å². The maximum atomic E-state index is 17.5. The molecule has 6 nitrogen and oxygen atoms in total. The van der Waals surface area contributed by atoms with E-state index in [0.29, 0.717) is 24.8 Å². The van der Waals surface area contributed by atoms with Gasteiger partial charge in [-0.2, -0.15) is 0 Å². The van der Waals surface area contributed by atoms with Crippen LogP contribution in [0, 0.1) is 22.2 Å². The fourth-order valence-electron chi connectivity index (χ4n) is 8.54. The number of aliphatic hydroxyl groups excluding tert-OH is 2. The van der Waals surface area contributed by atoms with Gasteiger partial charge in [0.05, 0.1) is 12.2 Å². The van der Waals surface area contributed by atoms with Crippen LogP contribution in [-0.2, 0) is 19.1 Å². The third-order valence-corrected chi connectivity index (χ3v) is 9.82. The molecule has 0 amide bonds. The Morgan fingerprint density at radius 1 is 1.22 bits per heavy atom. The van der Waals surface area contributed by atoms with E-state index in [0.717, 1.165) is 0 Å². The molecule has 0 aromatic rings. The number of hydrogen-bond acceptors (Lipinski definition) is 6. The number of rotatable bonds is 2. The Balaban J connectivity index is 1.69. The molecule has 5 aliphatic rings. The number of ketones is 2. The molecule has 4 fully saturated rings. The first kappa shape index (κ1) is 22.4. The van der Waals surface area contributed by atoms with Crippen LogP contribution in [-0.4, -0.2) is 57.7 Å².